The number of ketones is 1. The van der Waals surface area contributed by atoms with Crippen LogP contribution in [0.3, 0.4) is 0 Å². The predicted octanol–water partition coefficient (Wildman–Crippen LogP) is 4.15. The van der Waals surface area contributed by atoms with Crippen LogP contribution in [0, 0.1) is 11.8 Å². The lowest BCUT2D eigenvalue weighted by Gasteiger charge is -2.12. The number of alkyl halides is 3. The molecule has 1 fully saturated rings. The normalized spacial score (nSPS) is 30.4. The number of rotatable bonds is 3. The summed E-state index contributed by atoms with van der Waals surface area (Å²) in [5.74, 6) is -4.64. The highest BCUT2D eigenvalue weighted by atomic mass is 19.3. The minimum Gasteiger partial charge on any atom is -0.290 e. The molecule has 1 aromatic carbocycles. The molecule has 1 aliphatic heterocycles. The fraction of sp³-hybridized carbons (Fsp3) is 0.500. The molecule has 1 aliphatic carbocycles. The lowest BCUT2D eigenvalue weighted by Crippen LogP contribution is -2.20. The lowest BCUT2D eigenvalue weighted by molar-refractivity contribution is 0.00305. The first-order valence-corrected chi connectivity index (χ1v) is 8.43. The van der Waals surface area contributed by atoms with Crippen LogP contribution in [-0.4, -0.2) is 26.5 Å². The minimum absolute atomic E-state index is 0.106. The second-order valence-electron chi connectivity index (χ2n) is 7.08. The third-order valence-corrected chi connectivity index (χ3v) is 5.23. The van der Waals surface area contributed by atoms with Crippen molar-refractivity contribution in [3.05, 3.63) is 47.5 Å². The van der Waals surface area contributed by atoms with Gasteiger partial charge in [-0.15, -0.1) is 5.10 Å². The van der Waals surface area contributed by atoms with Crippen LogP contribution in [0.2, 0.25) is 0 Å². The number of carbonyl (C=O) groups excluding carboxylic acids is 1. The van der Waals surface area contributed by atoms with Crippen molar-refractivity contribution in [2.75, 3.05) is 0 Å². The average Bonchev–Trinajstić information content (AvgIpc) is 3.21. The van der Waals surface area contributed by atoms with E-state index in [1.165, 1.54) is 4.68 Å². The van der Waals surface area contributed by atoms with Gasteiger partial charge in [-0.2, -0.15) is 0 Å². The molecule has 7 heteroatoms. The number of carbonyl (C=O) groups is 1. The van der Waals surface area contributed by atoms with E-state index in [9.17, 15) is 18.0 Å². The van der Waals surface area contributed by atoms with Gasteiger partial charge in [0.05, 0.1) is 6.04 Å². The van der Waals surface area contributed by atoms with Crippen LogP contribution in [0.15, 0.2) is 30.3 Å². The van der Waals surface area contributed by atoms with Gasteiger partial charge in [-0.25, -0.2) is 22.8 Å². The highest BCUT2D eigenvalue weighted by molar-refractivity contribution is 5.94. The van der Waals surface area contributed by atoms with Crippen molar-refractivity contribution in [2.45, 2.75) is 44.3 Å². The molecule has 0 N–H and O–H groups in total. The molecule has 0 saturated heterocycles. The van der Waals surface area contributed by atoms with Crippen molar-refractivity contribution in [2.24, 2.45) is 11.8 Å². The largest absolute Gasteiger partial charge is 0.290 e. The van der Waals surface area contributed by atoms with E-state index in [0.29, 0.717) is 0 Å². The van der Waals surface area contributed by atoms with Crippen LogP contribution in [0.5, 0.6) is 0 Å². The molecule has 1 aromatic heterocycles. The number of hydrogen-bond acceptors (Lipinski definition) is 3. The molecule has 4 unspecified atom stereocenters. The Balaban J connectivity index is 1.64. The summed E-state index contributed by atoms with van der Waals surface area (Å²) < 4.78 is 42.9. The van der Waals surface area contributed by atoms with E-state index in [0.717, 1.165) is 5.56 Å². The third kappa shape index (κ3) is 2.75. The van der Waals surface area contributed by atoms with Crippen LogP contribution in [0.1, 0.15) is 60.4 Å². The molecule has 2 aromatic rings. The Hall–Kier alpha value is -2.18. The fourth-order valence-electron chi connectivity index (χ4n) is 3.97. The number of nitrogens with zero attached hydrogens (tertiary/aromatic N) is 3. The SMILES string of the molecule is CC1CC(F)(F)CC1C(=O)c1nc2n(n1)C(c1ccccc1)CC2F. The monoisotopic (exact) mass is 349 g/mol. The third-order valence-electron chi connectivity index (χ3n) is 5.23. The smallest absolute Gasteiger partial charge is 0.249 e. The van der Waals surface area contributed by atoms with Crippen molar-refractivity contribution < 1.29 is 18.0 Å². The van der Waals surface area contributed by atoms with Crippen LogP contribution in [0.25, 0.3) is 0 Å². The van der Waals surface area contributed by atoms with E-state index < -0.39 is 36.1 Å². The summed E-state index contributed by atoms with van der Waals surface area (Å²) in [6.45, 7) is 1.64. The summed E-state index contributed by atoms with van der Waals surface area (Å²) in [6.07, 6.45) is -1.90. The number of fused-ring (bicyclic) bond motifs is 1. The highest BCUT2D eigenvalue weighted by Crippen LogP contribution is 2.45. The second kappa shape index (κ2) is 5.68. The molecule has 4 nitrogen and oxygen atoms in total. The van der Waals surface area contributed by atoms with E-state index in [2.05, 4.69) is 10.1 Å². The van der Waals surface area contributed by atoms with E-state index in [1.807, 2.05) is 30.3 Å². The van der Waals surface area contributed by atoms with Gasteiger partial charge < -0.3 is 0 Å². The van der Waals surface area contributed by atoms with Gasteiger partial charge in [0.25, 0.3) is 0 Å². The van der Waals surface area contributed by atoms with Crippen LogP contribution in [-0.2, 0) is 0 Å². The Labute approximate surface area is 143 Å². The first-order chi connectivity index (χ1) is 11.9. The standard InChI is InChI=1S/C18H18F3N3O/c1-10-8-18(20,21)9-12(10)15(25)16-22-17-13(19)7-14(24(17)23-16)11-5-3-2-4-6-11/h2-6,10,12-14H,7-9H2,1H3. The number of halogens is 3. The van der Waals surface area contributed by atoms with Gasteiger partial charge in [0.2, 0.25) is 17.5 Å². The van der Waals surface area contributed by atoms with Crippen molar-refractivity contribution in [3.63, 3.8) is 0 Å². The second-order valence-corrected chi connectivity index (χ2v) is 7.08. The lowest BCUT2D eigenvalue weighted by atomic mass is 9.93. The topological polar surface area (TPSA) is 47.8 Å². The van der Waals surface area contributed by atoms with Crippen LogP contribution < -0.4 is 0 Å². The van der Waals surface area contributed by atoms with Gasteiger partial charge in [-0.05, 0) is 11.5 Å². The first-order valence-electron chi connectivity index (χ1n) is 8.43. The fourth-order valence-corrected chi connectivity index (χ4v) is 3.97. The Morgan fingerprint density at radius 1 is 1.24 bits per heavy atom. The average molecular weight is 349 g/mol. The van der Waals surface area contributed by atoms with E-state index in [1.54, 1.807) is 6.92 Å². The van der Waals surface area contributed by atoms with Gasteiger partial charge in [0.15, 0.2) is 12.0 Å². The first kappa shape index (κ1) is 16.3. The van der Waals surface area contributed by atoms with Gasteiger partial charge in [0, 0.05) is 25.2 Å². The molecule has 4 atom stereocenters. The zero-order chi connectivity index (χ0) is 17.8. The van der Waals surface area contributed by atoms with Gasteiger partial charge in [-0.1, -0.05) is 37.3 Å². The Morgan fingerprint density at radius 2 is 1.96 bits per heavy atom. The summed E-state index contributed by atoms with van der Waals surface area (Å²) in [5, 5.41) is 4.20. The van der Waals surface area contributed by atoms with Crippen molar-refractivity contribution in [1.82, 2.24) is 14.8 Å². The number of Topliss-reactive ketones (excluding diaryl/α,β-unsaturated/α-hetero) is 1. The molecule has 0 spiro atoms. The molecule has 2 heterocycles. The van der Waals surface area contributed by atoms with Gasteiger partial charge in [-0.3, -0.25) is 4.79 Å². The molecule has 2 aliphatic rings. The maximum Gasteiger partial charge on any atom is 0.249 e. The van der Waals surface area contributed by atoms with Crippen molar-refractivity contribution in [1.29, 1.82) is 0 Å². The number of benzene rings is 1. The Kier molecular flexibility index (Phi) is 3.70. The summed E-state index contributed by atoms with van der Waals surface area (Å²) >= 11 is 0. The van der Waals surface area contributed by atoms with Gasteiger partial charge in [0.1, 0.15) is 0 Å². The Bertz CT molecular complexity index is 805. The zero-order valence-corrected chi connectivity index (χ0v) is 13.7. The summed E-state index contributed by atoms with van der Waals surface area (Å²) in [5.41, 5.74) is 0.883. The number of aromatic nitrogens is 3. The summed E-state index contributed by atoms with van der Waals surface area (Å²) in [7, 11) is 0. The number of hydrogen-bond donors (Lipinski definition) is 0. The highest BCUT2D eigenvalue weighted by Gasteiger charge is 2.48. The molecule has 0 bridgehead atoms. The molecular weight excluding hydrogens is 331 g/mol. The van der Waals surface area contributed by atoms with E-state index in [-0.39, 0.29) is 30.5 Å². The summed E-state index contributed by atoms with van der Waals surface area (Å²) in [4.78, 5) is 16.7. The maximum atomic E-state index is 14.4. The van der Waals surface area contributed by atoms with Crippen molar-refractivity contribution >= 4 is 5.78 Å². The van der Waals surface area contributed by atoms with Crippen LogP contribution in [0.4, 0.5) is 13.2 Å². The summed E-state index contributed by atoms with van der Waals surface area (Å²) in [6, 6.07) is 8.98. The van der Waals surface area contributed by atoms with Crippen LogP contribution >= 0.6 is 0 Å². The quantitative estimate of drug-likeness (QED) is 0.782. The van der Waals surface area contributed by atoms with Crippen molar-refractivity contribution in [3.8, 4) is 0 Å². The van der Waals surface area contributed by atoms with Gasteiger partial charge >= 0.3 is 0 Å². The molecular formula is C18H18F3N3O. The molecule has 1 saturated carbocycles. The molecule has 132 valence electrons. The predicted molar refractivity (Wildman–Crippen MR) is 84.2 cm³/mol. The molecule has 0 radical (unpaired) electrons. The molecule has 0 amide bonds. The van der Waals surface area contributed by atoms with E-state index in [4.69, 9.17) is 0 Å². The maximum absolute atomic E-state index is 14.4. The molecule has 4 rings (SSSR count). The zero-order valence-electron chi connectivity index (χ0n) is 13.7. The minimum atomic E-state index is -2.84. The molecule has 25 heavy (non-hydrogen) atoms. The Morgan fingerprint density at radius 3 is 2.60 bits per heavy atom. The van der Waals surface area contributed by atoms with E-state index >= 15 is 0 Å².